The number of methoxy groups -OCH3 is 1. The Labute approximate surface area is 233 Å². The van der Waals surface area contributed by atoms with Gasteiger partial charge in [0.15, 0.2) is 0 Å². The molecular weight excluding hydrogens is 515 g/mol. The zero-order chi connectivity index (χ0) is 28.1. The molecule has 2 aromatic heterocycles. The van der Waals surface area contributed by atoms with E-state index >= 15 is 0 Å². The number of morpholine rings is 1. The molecule has 4 heterocycles. The topological polar surface area (TPSA) is 102 Å². The summed E-state index contributed by atoms with van der Waals surface area (Å²) in [5, 5.41) is 3.49. The molecule has 11 heteroatoms. The summed E-state index contributed by atoms with van der Waals surface area (Å²) in [6, 6.07) is 9.68. The second-order valence-electron chi connectivity index (χ2n) is 9.75. The van der Waals surface area contributed by atoms with Gasteiger partial charge in [0, 0.05) is 31.6 Å². The maximum absolute atomic E-state index is 13.6. The molecule has 1 aromatic carbocycles. The lowest BCUT2D eigenvalue weighted by atomic mass is 9.93. The number of ether oxygens (including phenoxy) is 3. The molecule has 2 aliphatic rings. The normalized spacial score (nSPS) is 18.7. The summed E-state index contributed by atoms with van der Waals surface area (Å²) in [6.45, 7) is 6.89. The molecule has 3 aromatic rings. The molecule has 1 N–H and O–H groups in total. The van der Waals surface area contributed by atoms with Crippen molar-refractivity contribution in [3.05, 3.63) is 65.4 Å². The predicted octanol–water partition coefficient (Wildman–Crippen LogP) is 4.75. The maximum Gasteiger partial charge on any atom is 0.414 e. The van der Waals surface area contributed by atoms with E-state index in [-0.39, 0.29) is 24.5 Å². The minimum Gasteiger partial charge on any atom is -0.481 e. The van der Waals surface area contributed by atoms with E-state index in [1.165, 1.54) is 12.1 Å². The van der Waals surface area contributed by atoms with Crippen molar-refractivity contribution in [1.29, 1.82) is 0 Å². The second-order valence-corrected chi connectivity index (χ2v) is 9.75. The van der Waals surface area contributed by atoms with E-state index in [0.29, 0.717) is 49.3 Å². The van der Waals surface area contributed by atoms with E-state index in [1.54, 1.807) is 37.1 Å². The van der Waals surface area contributed by atoms with Crippen LogP contribution in [0.1, 0.15) is 49.7 Å². The summed E-state index contributed by atoms with van der Waals surface area (Å²) in [7, 11) is 1.56. The number of anilines is 3. The molecule has 1 amide bonds. The predicted molar refractivity (Wildman–Crippen MR) is 150 cm³/mol. The number of rotatable bonds is 8. The number of fused-ring (bicyclic) bond motifs is 1. The fourth-order valence-corrected chi connectivity index (χ4v) is 5.26. The van der Waals surface area contributed by atoms with Crippen LogP contribution in [0.5, 0.6) is 5.88 Å². The minimum atomic E-state index is -0.395. The third-order valence-electron chi connectivity index (χ3n) is 7.27. The molecule has 0 unspecified atom stereocenters. The fraction of sp³-hybridized carbons (Fsp3) is 0.448. The van der Waals surface area contributed by atoms with Crippen molar-refractivity contribution in [3.63, 3.8) is 0 Å². The third kappa shape index (κ3) is 5.94. The quantitative estimate of drug-likeness (QED) is 0.426. The highest BCUT2D eigenvalue weighted by Gasteiger charge is 2.38. The lowest BCUT2D eigenvalue weighted by Crippen LogP contribution is -2.46. The molecule has 0 bridgehead atoms. The van der Waals surface area contributed by atoms with Gasteiger partial charge in [0.1, 0.15) is 5.82 Å². The van der Waals surface area contributed by atoms with Crippen LogP contribution in [0.4, 0.5) is 26.5 Å². The number of nitrogens with zero attached hydrogens (tertiary/aromatic N) is 5. The molecule has 212 valence electrons. The Morgan fingerprint density at radius 3 is 2.58 bits per heavy atom. The van der Waals surface area contributed by atoms with Gasteiger partial charge in [-0.2, -0.15) is 0 Å². The number of halogens is 1. The molecule has 1 saturated heterocycles. The summed E-state index contributed by atoms with van der Waals surface area (Å²) in [4.78, 5) is 31.2. The van der Waals surface area contributed by atoms with Crippen LogP contribution in [-0.2, 0) is 15.9 Å². The van der Waals surface area contributed by atoms with E-state index in [4.69, 9.17) is 24.2 Å². The highest BCUT2D eigenvalue weighted by atomic mass is 19.1. The van der Waals surface area contributed by atoms with Crippen molar-refractivity contribution in [1.82, 2.24) is 15.0 Å². The largest absolute Gasteiger partial charge is 0.481 e. The molecule has 40 heavy (non-hydrogen) atoms. The first-order chi connectivity index (χ1) is 19.5. The molecule has 0 spiro atoms. The van der Waals surface area contributed by atoms with E-state index in [2.05, 4.69) is 15.2 Å². The number of hydrogen-bond acceptors (Lipinski definition) is 9. The number of nitrogens with one attached hydrogen (secondary N) is 1. The third-order valence-corrected chi connectivity index (χ3v) is 7.27. The summed E-state index contributed by atoms with van der Waals surface area (Å²) in [5.74, 6) is 0.627. The number of benzene rings is 1. The highest BCUT2D eigenvalue weighted by Crippen LogP contribution is 2.40. The average Bonchev–Trinajstić information content (AvgIpc) is 2.98. The summed E-state index contributed by atoms with van der Waals surface area (Å²) < 4.78 is 29.9. The van der Waals surface area contributed by atoms with Crippen LogP contribution >= 0.6 is 0 Å². The zero-order valence-corrected chi connectivity index (χ0v) is 23.1. The van der Waals surface area contributed by atoms with Crippen molar-refractivity contribution in [2.75, 3.05) is 55.1 Å². The van der Waals surface area contributed by atoms with Crippen LogP contribution in [0.15, 0.2) is 42.6 Å². The Balaban J connectivity index is 1.49. The summed E-state index contributed by atoms with van der Waals surface area (Å²) >= 11 is 0. The molecule has 1 fully saturated rings. The SMILES string of the molecule is CCOC(=O)N1c2ccc(OC)nc2[C@@H](Nc2ncc(N3CCOCC3)c(Cc3ccc(F)cc3)n2)C[C@H]1CC. The lowest BCUT2D eigenvalue weighted by molar-refractivity contribution is 0.122. The van der Waals surface area contributed by atoms with Crippen LogP contribution < -0.4 is 19.9 Å². The van der Waals surface area contributed by atoms with E-state index < -0.39 is 6.09 Å². The molecule has 10 nitrogen and oxygen atoms in total. The van der Waals surface area contributed by atoms with Gasteiger partial charge < -0.3 is 24.4 Å². The molecule has 0 radical (unpaired) electrons. The Morgan fingerprint density at radius 1 is 1.10 bits per heavy atom. The van der Waals surface area contributed by atoms with Crippen LogP contribution in [-0.4, -0.2) is 67.1 Å². The Bertz CT molecular complexity index is 1320. The van der Waals surface area contributed by atoms with Crippen LogP contribution in [0.2, 0.25) is 0 Å². The van der Waals surface area contributed by atoms with Crippen molar-refractivity contribution in [3.8, 4) is 5.88 Å². The number of carbonyl (C=O) groups excluding carboxylic acids is 1. The van der Waals surface area contributed by atoms with Crippen molar-refractivity contribution in [2.45, 2.75) is 45.2 Å². The van der Waals surface area contributed by atoms with E-state index in [9.17, 15) is 9.18 Å². The molecule has 0 aliphatic carbocycles. The Morgan fingerprint density at radius 2 is 1.88 bits per heavy atom. The average molecular weight is 551 g/mol. The monoisotopic (exact) mass is 550 g/mol. The lowest BCUT2D eigenvalue weighted by Gasteiger charge is -2.39. The van der Waals surface area contributed by atoms with Crippen molar-refractivity contribution >= 4 is 23.4 Å². The second kappa shape index (κ2) is 12.5. The van der Waals surface area contributed by atoms with Gasteiger partial charge in [0.2, 0.25) is 11.8 Å². The van der Waals surface area contributed by atoms with Gasteiger partial charge >= 0.3 is 6.09 Å². The Kier molecular flexibility index (Phi) is 8.59. The minimum absolute atomic E-state index is 0.106. The van der Waals surface area contributed by atoms with Gasteiger partial charge in [0.25, 0.3) is 0 Å². The molecule has 2 atom stereocenters. The first-order valence-electron chi connectivity index (χ1n) is 13.7. The molecule has 5 rings (SSSR count). The van der Waals surface area contributed by atoms with Gasteiger partial charge in [-0.15, -0.1) is 0 Å². The van der Waals surface area contributed by atoms with Gasteiger partial charge in [-0.05, 0) is 43.5 Å². The smallest absolute Gasteiger partial charge is 0.414 e. The van der Waals surface area contributed by atoms with Crippen molar-refractivity contribution < 1.29 is 23.4 Å². The number of amides is 1. The maximum atomic E-state index is 13.6. The molecule has 0 saturated carbocycles. The van der Waals surface area contributed by atoms with Gasteiger partial charge in [-0.3, -0.25) is 4.90 Å². The standard InChI is InChI=1S/C29H35FN6O4/c1-4-21-17-23(27-24(10-11-26(34-27)38-3)36(21)29(37)40-5-2)33-28-31-18-25(35-12-14-39-15-13-35)22(32-28)16-19-6-8-20(30)9-7-19/h6-11,18,21,23H,4-5,12-17H2,1-3H3,(H,31,32,33)/t21-,23+/m1/s1. The Hall–Kier alpha value is -3.99. The van der Waals surface area contributed by atoms with Crippen molar-refractivity contribution in [2.24, 2.45) is 0 Å². The molecule has 2 aliphatic heterocycles. The van der Waals surface area contributed by atoms with E-state index in [0.717, 1.165) is 36.5 Å². The number of hydrogen-bond donors (Lipinski definition) is 1. The van der Waals surface area contributed by atoms with Gasteiger partial charge in [0.05, 0.1) is 61.9 Å². The zero-order valence-electron chi connectivity index (χ0n) is 23.1. The van der Waals surface area contributed by atoms with Gasteiger partial charge in [-0.1, -0.05) is 19.1 Å². The first kappa shape index (κ1) is 27.6. The number of pyridine rings is 1. The fourth-order valence-electron chi connectivity index (χ4n) is 5.26. The van der Waals surface area contributed by atoms with E-state index in [1.807, 2.05) is 19.2 Å². The highest BCUT2D eigenvalue weighted by molar-refractivity contribution is 5.90. The van der Waals surface area contributed by atoms with Gasteiger partial charge in [-0.25, -0.2) is 24.1 Å². The summed E-state index contributed by atoms with van der Waals surface area (Å²) in [5.41, 5.74) is 4.05. The number of carbonyl (C=O) groups is 1. The summed E-state index contributed by atoms with van der Waals surface area (Å²) in [6.07, 6.45) is 3.28. The first-order valence-corrected chi connectivity index (χ1v) is 13.7. The number of aromatic nitrogens is 3. The van der Waals surface area contributed by atoms with Crippen LogP contribution in [0.25, 0.3) is 0 Å². The van der Waals surface area contributed by atoms with Crippen LogP contribution in [0, 0.1) is 5.82 Å². The van der Waals surface area contributed by atoms with Crippen LogP contribution in [0.3, 0.4) is 0 Å². The molecular formula is C29H35FN6O4.